The van der Waals surface area contributed by atoms with Gasteiger partial charge in [-0.25, -0.2) is 4.39 Å². The van der Waals surface area contributed by atoms with E-state index >= 15 is 0 Å². The van der Waals surface area contributed by atoms with E-state index in [2.05, 4.69) is 46.4 Å². The maximum atomic E-state index is 13.2. The Kier molecular flexibility index (Phi) is 5.11. The second-order valence-electron chi connectivity index (χ2n) is 4.46. The first-order valence-electron chi connectivity index (χ1n) is 6.42. The number of hydrogen-bond donors (Lipinski definition) is 1. The van der Waals surface area contributed by atoms with E-state index in [-0.39, 0.29) is 5.82 Å². The molecule has 2 rings (SSSR count). The van der Waals surface area contributed by atoms with E-state index < -0.39 is 0 Å². The zero-order chi connectivity index (χ0) is 13.7. The molecule has 0 heterocycles. The van der Waals surface area contributed by atoms with Crippen LogP contribution < -0.4 is 5.32 Å². The average molecular weight is 322 g/mol. The van der Waals surface area contributed by atoms with Crippen LogP contribution in [0.3, 0.4) is 0 Å². The molecule has 0 aromatic heterocycles. The topological polar surface area (TPSA) is 12.0 Å². The zero-order valence-corrected chi connectivity index (χ0v) is 12.5. The van der Waals surface area contributed by atoms with Gasteiger partial charge in [-0.2, -0.15) is 0 Å². The van der Waals surface area contributed by atoms with E-state index in [4.69, 9.17) is 0 Å². The monoisotopic (exact) mass is 321 g/mol. The molecule has 0 atom stereocenters. The summed E-state index contributed by atoms with van der Waals surface area (Å²) >= 11 is 3.44. The van der Waals surface area contributed by atoms with Crippen LogP contribution >= 0.6 is 15.9 Å². The molecule has 2 aromatic carbocycles. The second kappa shape index (κ2) is 6.83. The van der Waals surface area contributed by atoms with Crippen LogP contribution in [0, 0.1) is 5.82 Å². The first kappa shape index (κ1) is 14.2. The van der Waals surface area contributed by atoms with Gasteiger partial charge in [-0.15, -0.1) is 0 Å². The van der Waals surface area contributed by atoms with Crippen molar-refractivity contribution in [3.05, 3.63) is 69.4 Å². The van der Waals surface area contributed by atoms with Crippen LogP contribution in [0.15, 0.2) is 46.9 Å². The lowest BCUT2D eigenvalue weighted by atomic mass is 10.1. The molecule has 0 aliphatic carbocycles. The molecule has 0 saturated heterocycles. The number of hydrogen-bond acceptors (Lipinski definition) is 1. The van der Waals surface area contributed by atoms with Gasteiger partial charge in [-0.05, 0) is 41.3 Å². The van der Waals surface area contributed by atoms with Gasteiger partial charge in [0.1, 0.15) is 5.82 Å². The number of nitrogens with one attached hydrogen (secondary N) is 1. The van der Waals surface area contributed by atoms with Gasteiger partial charge in [0.05, 0.1) is 0 Å². The molecule has 1 N–H and O–H groups in total. The Morgan fingerprint density at radius 3 is 2.42 bits per heavy atom. The van der Waals surface area contributed by atoms with Crippen molar-refractivity contribution in [3.8, 4) is 0 Å². The molecule has 100 valence electrons. The third-order valence-electron chi connectivity index (χ3n) is 3.14. The molecule has 3 heteroatoms. The van der Waals surface area contributed by atoms with E-state index in [9.17, 15) is 4.39 Å². The third-order valence-corrected chi connectivity index (χ3v) is 3.91. The highest BCUT2D eigenvalue weighted by atomic mass is 79.9. The average Bonchev–Trinajstić information content (AvgIpc) is 2.43. The summed E-state index contributed by atoms with van der Waals surface area (Å²) in [5.74, 6) is -0.200. The Balaban J connectivity index is 1.98. The van der Waals surface area contributed by atoms with Crippen molar-refractivity contribution in [2.75, 3.05) is 0 Å². The van der Waals surface area contributed by atoms with Crippen LogP contribution in [0.2, 0.25) is 0 Å². The molecule has 0 spiro atoms. The SMILES string of the molecule is CCc1ccccc1CNCc1cc(F)ccc1Br. The first-order valence-corrected chi connectivity index (χ1v) is 7.21. The summed E-state index contributed by atoms with van der Waals surface area (Å²) in [5, 5.41) is 3.36. The predicted molar refractivity (Wildman–Crippen MR) is 80.5 cm³/mol. The number of rotatable bonds is 5. The first-order chi connectivity index (χ1) is 9.20. The summed E-state index contributed by atoms with van der Waals surface area (Å²) < 4.78 is 14.1. The normalized spacial score (nSPS) is 10.7. The fourth-order valence-corrected chi connectivity index (χ4v) is 2.47. The van der Waals surface area contributed by atoms with E-state index in [0.717, 1.165) is 23.0 Å². The molecule has 0 bridgehead atoms. The lowest BCUT2D eigenvalue weighted by molar-refractivity contribution is 0.619. The van der Waals surface area contributed by atoms with E-state index in [1.807, 2.05) is 6.07 Å². The van der Waals surface area contributed by atoms with Crippen LogP contribution in [-0.4, -0.2) is 0 Å². The van der Waals surface area contributed by atoms with Gasteiger partial charge < -0.3 is 5.32 Å². The lowest BCUT2D eigenvalue weighted by Crippen LogP contribution is -2.14. The van der Waals surface area contributed by atoms with E-state index in [1.165, 1.54) is 17.2 Å². The summed E-state index contributed by atoms with van der Waals surface area (Å²) in [6.45, 7) is 3.60. The van der Waals surface area contributed by atoms with Crippen molar-refractivity contribution >= 4 is 15.9 Å². The summed E-state index contributed by atoms with van der Waals surface area (Å²) in [6, 6.07) is 13.1. The molecule has 0 fully saturated rings. The minimum atomic E-state index is -0.200. The van der Waals surface area contributed by atoms with Crippen LogP contribution in [0.4, 0.5) is 4.39 Å². The fourth-order valence-electron chi connectivity index (χ4n) is 2.09. The van der Waals surface area contributed by atoms with E-state index in [1.54, 1.807) is 12.1 Å². The van der Waals surface area contributed by atoms with Crippen LogP contribution in [-0.2, 0) is 19.5 Å². The van der Waals surface area contributed by atoms with Crippen LogP contribution in [0.25, 0.3) is 0 Å². The zero-order valence-electron chi connectivity index (χ0n) is 10.9. The Bertz CT molecular complexity index is 554. The Hall–Kier alpha value is -1.19. The van der Waals surface area contributed by atoms with Crippen molar-refractivity contribution in [1.82, 2.24) is 5.32 Å². The van der Waals surface area contributed by atoms with Crippen LogP contribution in [0.5, 0.6) is 0 Å². The summed E-state index contributed by atoms with van der Waals surface area (Å²) in [6.07, 6.45) is 1.03. The summed E-state index contributed by atoms with van der Waals surface area (Å²) in [7, 11) is 0. The van der Waals surface area contributed by atoms with Crippen molar-refractivity contribution < 1.29 is 4.39 Å². The molecule has 0 unspecified atom stereocenters. The maximum Gasteiger partial charge on any atom is 0.123 e. The van der Waals surface area contributed by atoms with Gasteiger partial charge in [0, 0.05) is 17.6 Å². The number of halogens is 2. The quantitative estimate of drug-likeness (QED) is 0.858. The molecule has 0 saturated carbocycles. The van der Waals surface area contributed by atoms with Crippen molar-refractivity contribution in [2.24, 2.45) is 0 Å². The Morgan fingerprint density at radius 2 is 1.68 bits per heavy atom. The fraction of sp³-hybridized carbons (Fsp3) is 0.250. The van der Waals surface area contributed by atoms with Crippen molar-refractivity contribution in [2.45, 2.75) is 26.4 Å². The highest BCUT2D eigenvalue weighted by Gasteiger charge is 2.03. The standard InChI is InChI=1S/C16H17BrFN/c1-2-12-5-3-4-6-13(12)10-19-11-14-9-15(18)7-8-16(14)17/h3-9,19H,2,10-11H2,1H3. The summed E-state index contributed by atoms with van der Waals surface area (Å²) in [4.78, 5) is 0. The molecule has 0 amide bonds. The minimum absolute atomic E-state index is 0.200. The van der Waals surface area contributed by atoms with Gasteiger partial charge in [-0.3, -0.25) is 0 Å². The number of benzene rings is 2. The molecule has 0 radical (unpaired) electrons. The highest BCUT2D eigenvalue weighted by Crippen LogP contribution is 2.18. The molecular weight excluding hydrogens is 305 g/mol. The Labute approximate surface area is 122 Å². The highest BCUT2D eigenvalue weighted by molar-refractivity contribution is 9.10. The third kappa shape index (κ3) is 3.88. The number of aryl methyl sites for hydroxylation is 1. The van der Waals surface area contributed by atoms with Gasteiger partial charge in [0.2, 0.25) is 0 Å². The van der Waals surface area contributed by atoms with Gasteiger partial charge in [-0.1, -0.05) is 47.1 Å². The predicted octanol–water partition coefficient (Wildman–Crippen LogP) is 4.44. The lowest BCUT2D eigenvalue weighted by Gasteiger charge is -2.10. The Morgan fingerprint density at radius 1 is 1.00 bits per heavy atom. The molecule has 0 aliphatic rings. The molecular formula is C16H17BrFN. The van der Waals surface area contributed by atoms with Crippen molar-refractivity contribution in [1.29, 1.82) is 0 Å². The van der Waals surface area contributed by atoms with Crippen molar-refractivity contribution in [3.63, 3.8) is 0 Å². The smallest absolute Gasteiger partial charge is 0.123 e. The molecule has 0 aliphatic heterocycles. The second-order valence-corrected chi connectivity index (χ2v) is 5.32. The van der Waals surface area contributed by atoms with E-state index in [0.29, 0.717) is 6.54 Å². The molecule has 19 heavy (non-hydrogen) atoms. The summed E-state index contributed by atoms with van der Waals surface area (Å²) in [5.41, 5.74) is 3.60. The van der Waals surface area contributed by atoms with Gasteiger partial charge in [0.15, 0.2) is 0 Å². The minimum Gasteiger partial charge on any atom is -0.309 e. The maximum absolute atomic E-state index is 13.2. The van der Waals surface area contributed by atoms with Gasteiger partial charge in [0.25, 0.3) is 0 Å². The van der Waals surface area contributed by atoms with Crippen LogP contribution in [0.1, 0.15) is 23.6 Å². The van der Waals surface area contributed by atoms with Gasteiger partial charge >= 0.3 is 0 Å². The molecule has 2 aromatic rings. The molecule has 1 nitrogen and oxygen atoms in total. The largest absolute Gasteiger partial charge is 0.309 e.